The number of benzene rings is 1. The van der Waals surface area contributed by atoms with Gasteiger partial charge < -0.3 is 15.1 Å². The van der Waals surface area contributed by atoms with Gasteiger partial charge in [-0.05, 0) is 17.7 Å². The van der Waals surface area contributed by atoms with Gasteiger partial charge in [-0.2, -0.15) is 0 Å². The molecule has 1 aromatic carbocycles. The Bertz CT molecular complexity index is 1170. The van der Waals surface area contributed by atoms with Gasteiger partial charge in [0.15, 0.2) is 5.82 Å². The van der Waals surface area contributed by atoms with Crippen molar-refractivity contribution in [3.63, 3.8) is 0 Å². The van der Waals surface area contributed by atoms with Crippen LogP contribution in [0, 0.1) is 0 Å². The Kier molecular flexibility index (Phi) is 5.61. The van der Waals surface area contributed by atoms with Crippen LogP contribution in [0.15, 0.2) is 60.1 Å². The molecule has 0 spiro atoms. The van der Waals surface area contributed by atoms with E-state index in [9.17, 15) is 10.2 Å². The number of piperazine rings is 1. The van der Waals surface area contributed by atoms with Crippen molar-refractivity contribution in [3.05, 3.63) is 60.1 Å². The topological polar surface area (TPSA) is 85.6 Å². The standard InChI is InChI=1S/C23H23N5O2S/c29-13-12-27-10-11-28(14-19(27)30)22-20-17(16-6-2-1-3-7-16)15-31-23(20)26-21(25-22)18-8-4-5-9-24-18/h1-9,15,19,29-30H,10-14H2. The SMILES string of the molecule is OCCN1CCN(c2nc(-c3ccccn3)nc3scc(-c4ccccc4)c23)CC1O. The number of β-amino-alcohol motifs (C(OH)–C–C–N with tert-alkyl or cyclic N) is 2. The highest BCUT2D eigenvalue weighted by molar-refractivity contribution is 7.17. The highest BCUT2D eigenvalue weighted by Gasteiger charge is 2.28. The van der Waals surface area contributed by atoms with E-state index in [0.29, 0.717) is 32.0 Å². The van der Waals surface area contributed by atoms with Crippen molar-refractivity contribution in [1.82, 2.24) is 19.9 Å². The minimum atomic E-state index is -0.664. The van der Waals surface area contributed by atoms with E-state index in [-0.39, 0.29) is 6.61 Å². The number of anilines is 1. The van der Waals surface area contributed by atoms with E-state index >= 15 is 0 Å². The van der Waals surface area contributed by atoms with Crippen molar-refractivity contribution in [3.8, 4) is 22.6 Å². The molecule has 1 fully saturated rings. The van der Waals surface area contributed by atoms with Crippen LogP contribution >= 0.6 is 11.3 Å². The van der Waals surface area contributed by atoms with E-state index in [1.807, 2.05) is 41.3 Å². The number of aromatic nitrogens is 3. The summed E-state index contributed by atoms with van der Waals surface area (Å²) in [4.78, 5) is 19.1. The van der Waals surface area contributed by atoms with Crippen LogP contribution in [0.3, 0.4) is 0 Å². The lowest BCUT2D eigenvalue weighted by Gasteiger charge is -2.39. The smallest absolute Gasteiger partial charge is 0.181 e. The Hall–Kier alpha value is -2.91. The van der Waals surface area contributed by atoms with E-state index in [1.54, 1.807) is 17.5 Å². The van der Waals surface area contributed by atoms with Crippen molar-refractivity contribution < 1.29 is 10.2 Å². The fraction of sp³-hybridized carbons (Fsp3) is 0.261. The number of fused-ring (bicyclic) bond motifs is 1. The Morgan fingerprint density at radius 1 is 1.03 bits per heavy atom. The minimum Gasteiger partial charge on any atom is -0.395 e. The lowest BCUT2D eigenvalue weighted by Crippen LogP contribution is -2.54. The molecule has 4 heterocycles. The number of hydrogen-bond acceptors (Lipinski definition) is 8. The molecule has 1 unspecified atom stereocenters. The van der Waals surface area contributed by atoms with Gasteiger partial charge in [0.2, 0.25) is 0 Å². The third kappa shape index (κ3) is 3.90. The lowest BCUT2D eigenvalue weighted by molar-refractivity contribution is -0.0120. The normalized spacial score (nSPS) is 17.4. The fourth-order valence-corrected chi connectivity index (χ4v) is 4.92. The molecular formula is C23H23N5O2S. The van der Waals surface area contributed by atoms with Crippen LogP contribution in [-0.2, 0) is 0 Å². The summed E-state index contributed by atoms with van der Waals surface area (Å²) in [5.74, 6) is 1.39. The summed E-state index contributed by atoms with van der Waals surface area (Å²) < 4.78 is 0. The second-order valence-corrected chi connectivity index (χ2v) is 8.33. The molecule has 0 aliphatic carbocycles. The van der Waals surface area contributed by atoms with Crippen molar-refractivity contribution in [2.24, 2.45) is 0 Å². The molecule has 4 aromatic rings. The highest BCUT2D eigenvalue weighted by atomic mass is 32.1. The number of aliphatic hydroxyl groups excluding tert-OH is 2. The molecule has 0 bridgehead atoms. The molecule has 1 atom stereocenters. The molecule has 0 saturated carbocycles. The zero-order chi connectivity index (χ0) is 21.2. The van der Waals surface area contributed by atoms with Crippen molar-refractivity contribution in [2.75, 3.05) is 37.7 Å². The summed E-state index contributed by atoms with van der Waals surface area (Å²) in [7, 11) is 0. The van der Waals surface area contributed by atoms with Crippen LogP contribution in [0.25, 0.3) is 32.9 Å². The predicted molar refractivity (Wildman–Crippen MR) is 123 cm³/mol. The first kappa shape index (κ1) is 20.0. The van der Waals surface area contributed by atoms with Crippen LogP contribution in [0.1, 0.15) is 0 Å². The van der Waals surface area contributed by atoms with Gasteiger partial charge in [-0.1, -0.05) is 36.4 Å². The summed E-state index contributed by atoms with van der Waals surface area (Å²) in [6.45, 7) is 2.26. The number of hydrogen-bond donors (Lipinski definition) is 2. The minimum absolute atomic E-state index is 0.0291. The molecule has 1 aliphatic rings. The number of aliphatic hydroxyl groups is 2. The van der Waals surface area contributed by atoms with Gasteiger partial charge in [0.1, 0.15) is 22.6 Å². The zero-order valence-corrected chi connectivity index (χ0v) is 17.7. The van der Waals surface area contributed by atoms with Gasteiger partial charge in [-0.15, -0.1) is 11.3 Å². The maximum absolute atomic E-state index is 10.6. The Labute approximate surface area is 184 Å². The molecule has 0 radical (unpaired) electrons. The number of pyridine rings is 1. The number of thiophene rings is 1. The molecule has 0 amide bonds. The molecule has 5 rings (SSSR count). The second-order valence-electron chi connectivity index (χ2n) is 7.47. The van der Waals surface area contributed by atoms with Crippen molar-refractivity contribution >= 4 is 27.4 Å². The lowest BCUT2D eigenvalue weighted by atomic mass is 10.1. The quantitative estimate of drug-likeness (QED) is 0.501. The zero-order valence-electron chi connectivity index (χ0n) is 16.9. The van der Waals surface area contributed by atoms with E-state index in [2.05, 4.69) is 27.4 Å². The van der Waals surface area contributed by atoms with Crippen molar-refractivity contribution in [1.29, 1.82) is 0 Å². The molecule has 1 saturated heterocycles. The first-order valence-electron chi connectivity index (χ1n) is 10.3. The molecule has 31 heavy (non-hydrogen) atoms. The molecule has 158 valence electrons. The van der Waals surface area contributed by atoms with Crippen molar-refractivity contribution in [2.45, 2.75) is 6.23 Å². The first-order chi connectivity index (χ1) is 15.2. The third-order valence-corrected chi connectivity index (χ3v) is 6.41. The van der Waals surface area contributed by atoms with Crippen LogP contribution in [0.2, 0.25) is 0 Å². The molecular weight excluding hydrogens is 410 g/mol. The third-order valence-electron chi connectivity index (χ3n) is 5.54. The second kappa shape index (κ2) is 8.68. The average Bonchev–Trinajstić information content (AvgIpc) is 3.25. The highest BCUT2D eigenvalue weighted by Crippen LogP contribution is 2.39. The maximum Gasteiger partial charge on any atom is 0.181 e. The fourth-order valence-electron chi connectivity index (χ4n) is 3.98. The number of nitrogens with zero attached hydrogens (tertiary/aromatic N) is 5. The van der Waals surface area contributed by atoms with Crippen LogP contribution < -0.4 is 4.90 Å². The Morgan fingerprint density at radius 3 is 2.61 bits per heavy atom. The van der Waals surface area contributed by atoms with E-state index in [0.717, 1.165) is 32.9 Å². The summed E-state index contributed by atoms with van der Waals surface area (Å²) in [5, 5.41) is 23.0. The van der Waals surface area contributed by atoms with E-state index in [1.165, 1.54) is 0 Å². The van der Waals surface area contributed by atoms with Gasteiger partial charge in [0.25, 0.3) is 0 Å². The van der Waals surface area contributed by atoms with Crippen LogP contribution in [0.5, 0.6) is 0 Å². The van der Waals surface area contributed by atoms with Gasteiger partial charge in [-0.25, -0.2) is 9.97 Å². The molecule has 3 aromatic heterocycles. The summed E-state index contributed by atoms with van der Waals surface area (Å²) in [5.41, 5.74) is 2.93. The largest absolute Gasteiger partial charge is 0.395 e. The molecule has 8 heteroatoms. The first-order valence-corrected chi connectivity index (χ1v) is 11.2. The van der Waals surface area contributed by atoms with Gasteiger partial charge >= 0.3 is 0 Å². The van der Waals surface area contributed by atoms with E-state index < -0.39 is 6.23 Å². The summed E-state index contributed by atoms with van der Waals surface area (Å²) in [6.07, 6.45) is 1.08. The monoisotopic (exact) mass is 433 g/mol. The maximum atomic E-state index is 10.6. The Morgan fingerprint density at radius 2 is 1.87 bits per heavy atom. The van der Waals surface area contributed by atoms with Gasteiger partial charge in [-0.3, -0.25) is 9.88 Å². The predicted octanol–water partition coefficient (Wildman–Crippen LogP) is 2.85. The van der Waals surface area contributed by atoms with Crippen LogP contribution in [0.4, 0.5) is 5.82 Å². The van der Waals surface area contributed by atoms with Gasteiger partial charge in [0.05, 0.1) is 18.5 Å². The van der Waals surface area contributed by atoms with Gasteiger partial charge in [0, 0.05) is 36.8 Å². The number of rotatable bonds is 5. The van der Waals surface area contributed by atoms with Crippen LogP contribution in [-0.4, -0.2) is 69.1 Å². The molecule has 7 nitrogen and oxygen atoms in total. The summed E-state index contributed by atoms with van der Waals surface area (Å²) in [6, 6.07) is 15.9. The molecule has 1 aliphatic heterocycles. The average molecular weight is 434 g/mol. The Balaban J connectivity index is 1.64. The molecule has 2 N–H and O–H groups in total. The summed E-state index contributed by atoms with van der Waals surface area (Å²) >= 11 is 1.59. The van der Waals surface area contributed by atoms with E-state index in [4.69, 9.17) is 9.97 Å².